The number of aliphatic hydroxyl groups excluding tert-OH is 1. The van der Waals surface area contributed by atoms with Gasteiger partial charge >= 0.3 is 0 Å². The molecular formula is C15H27N5O. The van der Waals surface area contributed by atoms with Gasteiger partial charge in [0.15, 0.2) is 0 Å². The number of nitrogens with one attached hydrogen (secondary N) is 2. The van der Waals surface area contributed by atoms with Crippen molar-refractivity contribution in [1.82, 2.24) is 20.0 Å². The molecular weight excluding hydrogens is 266 g/mol. The molecule has 0 aliphatic carbocycles. The van der Waals surface area contributed by atoms with Gasteiger partial charge in [-0.3, -0.25) is 0 Å². The van der Waals surface area contributed by atoms with Crippen LogP contribution in [0, 0.1) is 12.8 Å². The molecule has 0 spiro atoms. The van der Waals surface area contributed by atoms with Crippen LogP contribution < -0.4 is 10.6 Å². The Kier molecular flexibility index (Phi) is 4.77. The van der Waals surface area contributed by atoms with Crippen LogP contribution in [0.5, 0.6) is 0 Å². The number of fused-ring (bicyclic) bond motifs is 1. The number of aliphatic hydroxyl groups is 1. The van der Waals surface area contributed by atoms with Crippen LogP contribution in [0.2, 0.25) is 0 Å². The summed E-state index contributed by atoms with van der Waals surface area (Å²) in [5.41, 5.74) is 1.06. The van der Waals surface area contributed by atoms with Gasteiger partial charge in [0, 0.05) is 44.7 Å². The fourth-order valence-electron chi connectivity index (χ4n) is 3.30. The van der Waals surface area contributed by atoms with Crippen molar-refractivity contribution in [2.45, 2.75) is 32.4 Å². The lowest BCUT2D eigenvalue weighted by atomic mass is 10.1. The monoisotopic (exact) mass is 293 g/mol. The number of β-amino-alcohol motifs (C(OH)–C–C–N with tert-alkyl or cyclic N) is 1. The normalized spacial score (nSPS) is 23.8. The first-order valence-electron chi connectivity index (χ1n) is 8.10. The largest absolute Gasteiger partial charge is 0.390 e. The summed E-state index contributed by atoms with van der Waals surface area (Å²) >= 11 is 0. The molecule has 0 saturated carbocycles. The highest BCUT2D eigenvalue weighted by Gasteiger charge is 2.20. The van der Waals surface area contributed by atoms with Crippen LogP contribution >= 0.6 is 0 Å². The van der Waals surface area contributed by atoms with E-state index < -0.39 is 0 Å². The number of hydrogen-bond donors (Lipinski definition) is 3. The van der Waals surface area contributed by atoms with Crippen LogP contribution in [-0.2, 0) is 6.54 Å². The van der Waals surface area contributed by atoms with Gasteiger partial charge in [0.1, 0.15) is 5.82 Å². The zero-order chi connectivity index (χ0) is 14.7. The predicted octanol–water partition coefficient (Wildman–Crippen LogP) is 0.280. The van der Waals surface area contributed by atoms with Crippen LogP contribution in [0.4, 0.5) is 5.82 Å². The minimum atomic E-state index is -0.262. The Labute approximate surface area is 126 Å². The van der Waals surface area contributed by atoms with E-state index in [0.717, 1.165) is 50.8 Å². The molecule has 6 nitrogen and oxygen atoms in total. The Hall–Kier alpha value is -1.11. The Morgan fingerprint density at radius 1 is 1.48 bits per heavy atom. The third-order valence-electron chi connectivity index (χ3n) is 4.39. The molecule has 6 heteroatoms. The van der Waals surface area contributed by atoms with E-state index in [2.05, 4.69) is 26.7 Å². The summed E-state index contributed by atoms with van der Waals surface area (Å²) in [7, 11) is 0. The highest BCUT2D eigenvalue weighted by molar-refractivity contribution is 5.38. The van der Waals surface area contributed by atoms with Gasteiger partial charge in [0.2, 0.25) is 0 Å². The Balaban J connectivity index is 1.36. The van der Waals surface area contributed by atoms with E-state index in [1.807, 2.05) is 11.6 Å². The van der Waals surface area contributed by atoms with Crippen molar-refractivity contribution in [3.8, 4) is 0 Å². The summed E-state index contributed by atoms with van der Waals surface area (Å²) in [4.78, 5) is 2.35. The van der Waals surface area contributed by atoms with Crippen LogP contribution in [0.3, 0.4) is 0 Å². The summed E-state index contributed by atoms with van der Waals surface area (Å²) in [6.45, 7) is 8.63. The van der Waals surface area contributed by atoms with Gasteiger partial charge in [-0.05, 0) is 32.9 Å². The second kappa shape index (κ2) is 6.77. The third-order valence-corrected chi connectivity index (χ3v) is 4.39. The van der Waals surface area contributed by atoms with Crippen molar-refractivity contribution in [3.05, 3.63) is 11.8 Å². The standard InChI is InChI=1S/C15H27N5O/c1-12-6-15-17-8-13(10-20(15)18-12)7-16-9-14(21)11-19-4-2-3-5-19/h6,13-14,16-17,21H,2-5,7-11H2,1H3/t13-,14-/m0/s1. The number of hydrogen-bond acceptors (Lipinski definition) is 5. The Morgan fingerprint density at radius 3 is 3.10 bits per heavy atom. The van der Waals surface area contributed by atoms with Crippen molar-refractivity contribution >= 4 is 5.82 Å². The minimum absolute atomic E-state index is 0.262. The number of rotatable bonds is 6. The summed E-state index contributed by atoms with van der Waals surface area (Å²) in [5, 5.41) is 21.4. The molecule has 0 radical (unpaired) electrons. The molecule has 1 aromatic rings. The lowest BCUT2D eigenvalue weighted by molar-refractivity contribution is 0.122. The van der Waals surface area contributed by atoms with Gasteiger partial charge in [0.25, 0.3) is 0 Å². The minimum Gasteiger partial charge on any atom is -0.390 e. The van der Waals surface area contributed by atoms with Crippen LogP contribution in [0.15, 0.2) is 6.07 Å². The number of aryl methyl sites for hydroxylation is 1. The summed E-state index contributed by atoms with van der Waals surface area (Å²) < 4.78 is 2.05. The highest BCUT2D eigenvalue weighted by Crippen LogP contribution is 2.17. The topological polar surface area (TPSA) is 65.3 Å². The van der Waals surface area contributed by atoms with Crippen molar-refractivity contribution in [2.75, 3.05) is 44.6 Å². The molecule has 0 amide bonds. The van der Waals surface area contributed by atoms with Gasteiger partial charge in [-0.1, -0.05) is 0 Å². The Morgan fingerprint density at radius 2 is 2.29 bits per heavy atom. The van der Waals surface area contributed by atoms with Crippen LogP contribution in [0.25, 0.3) is 0 Å². The number of likely N-dealkylation sites (tertiary alicyclic amines) is 1. The van der Waals surface area contributed by atoms with E-state index >= 15 is 0 Å². The molecule has 2 aliphatic rings. The molecule has 21 heavy (non-hydrogen) atoms. The summed E-state index contributed by atoms with van der Waals surface area (Å²) in [6.07, 6.45) is 2.29. The maximum Gasteiger partial charge on any atom is 0.124 e. The fraction of sp³-hybridized carbons (Fsp3) is 0.800. The average molecular weight is 293 g/mol. The Bertz CT molecular complexity index is 455. The van der Waals surface area contributed by atoms with Gasteiger partial charge in [-0.2, -0.15) is 5.10 Å². The number of aromatic nitrogens is 2. The molecule has 0 unspecified atom stereocenters. The first-order chi connectivity index (χ1) is 10.2. The summed E-state index contributed by atoms with van der Waals surface area (Å²) in [6, 6.07) is 2.09. The fourth-order valence-corrected chi connectivity index (χ4v) is 3.30. The second-order valence-corrected chi connectivity index (χ2v) is 6.42. The maximum atomic E-state index is 10.1. The van der Waals surface area contributed by atoms with E-state index in [1.165, 1.54) is 12.8 Å². The maximum absolute atomic E-state index is 10.1. The number of anilines is 1. The smallest absolute Gasteiger partial charge is 0.124 e. The van der Waals surface area contributed by atoms with Crippen molar-refractivity contribution < 1.29 is 5.11 Å². The van der Waals surface area contributed by atoms with E-state index in [4.69, 9.17) is 0 Å². The van der Waals surface area contributed by atoms with Crippen LogP contribution in [0.1, 0.15) is 18.5 Å². The quantitative estimate of drug-likeness (QED) is 0.703. The number of nitrogens with zero attached hydrogens (tertiary/aromatic N) is 3. The zero-order valence-corrected chi connectivity index (χ0v) is 12.9. The molecule has 118 valence electrons. The molecule has 3 rings (SSSR count). The summed E-state index contributed by atoms with van der Waals surface area (Å²) in [5.74, 6) is 1.65. The predicted molar refractivity (Wildman–Crippen MR) is 83.5 cm³/mol. The van der Waals surface area contributed by atoms with Gasteiger partial charge in [-0.15, -0.1) is 0 Å². The molecule has 1 aromatic heterocycles. The molecule has 2 atom stereocenters. The molecule has 3 heterocycles. The van der Waals surface area contributed by atoms with Gasteiger partial charge in [-0.25, -0.2) is 4.68 Å². The van der Waals surface area contributed by atoms with E-state index in [-0.39, 0.29) is 6.10 Å². The molecule has 1 fully saturated rings. The average Bonchev–Trinajstić information content (AvgIpc) is 3.06. The lowest BCUT2D eigenvalue weighted by Crippen LogP contribution is -2.41. The first-order valence-corrected chi connectivity index (χ1v) is 8.10. The molecule has 3 N–H and O–H groups in total. The SMILES string of the molecule is Cc1cc2n(n1)C[C@@H](CNC[C@H](O)CN1CCCC1)CN2. The third kappa shape index (κ3) is 3.96. The second-order valence-electron chi connectivity index (χ2n) is 6.42. The molecule has 2 aliphatic heterocycles. The zero-order valence-electron chi connectivity index (χ0n) is 12.9. The van der Waals surface area contributed by atoms with Gasteiger partial charge in [0.05, 0.1) is 11.8 Å². The molecule has 0 aromatic carbocycles. The van der Waals surface area contributed by atoms with Gasteiger partial charge < -0.3 is 20.6 Å². The molecule has 0 bridgehead atoms. The van der Waals surface area contributed by atoms with E-state index in [9.17, 15) is 5.11 Å². The van der Waals surface area contributed by atoms with E-state index in [1.54, 1.807) is 0 Å². The lowest BCUT2D eigenvalue weighted by Gasteiger charge is -2.26. The highest BCUT2D eigenvalue weighted by atomic mass is 16.3. The van der Waals surface area contributed by atoms with E-state index in [0.29, 0.717) is 12.5 Å². The van der Waals surface area contributed by atoms with Crippen molar-refractivity contribution in [1.29, 1.82) is 0 Å². The van der Waals surface area contributed by atoms with Crippen molar-refractivity contribution in [3.63, 3.8) is 0 Å². The van der Waals surface area contributed by atoms with Crippen LogP contribution in [-0.4, -0.2) is 65.2 Å². The molecule has 1 saturated heterocycles. The van der Waals surface area contributed by atoms with Crippen molar-refractivity contribution in [2.24, 2.45) is 5.92 Å². The first kappa shape index (κ1) is 14.8.